The molecule has 0 aromatic carbocycles. The standard InChI is InChI=1S/C11H11N5O/c12-16-8-4-5-9(14-7-8)11(17)15-10-3-1-2-6-13-10/h1-7,16H,12H2,(H,13,15,17). The fourth-order valence-corrected chi connectivity index (χ4v) is 1.23. The van der Waals surface area contributed by atoms with Gasteiger partial charge in [0.05, 0.1) is 11.9 Å². The third-order valence-electron chi connectivity index (χ3n) is 2.07. The molecule has 0 atom stereocenters. The van der Waals surface area contributed by atoms with Gasteiger partial charge in [-0.15, -0.1) is 0 Å². The molecule has 0 unspecified atom stereocenters. The number of carbonyl (C=O) groups excluding carboxylic acids is 1. The number of amides is 1. The van der Waals surface area contributed by atoms with Crippen molar-refractivity contribution in [2.45, 2.75) is 0 Å². The van der Waals surface area contributed by atoms with Gasteiger partial charge in [-0.25, -0.2) is 9.97 Å². The van der Waals surface area contributed by atoms with E-state index in [0.29, 0.717) is 17.2 Å². The minimum Gasteiger partial charge on any atom is -0.323 e. The van der Waals surface area contributed by atoms with Crippen LogP contribution in [0.15, 0.2) is 42.7 Å². The predicted molar refractivity (Wildman–Crippen MR) is 64.2 cm³/mol. The number of pyridine rings is 2. The first kappa shape index (κ1) is 11.0. The summed E-state index contributed by atoms with van der Waals surface area (Å²) in [4.78, 5) is 19.7. The molecule has 0 aliphatic heterocycles. The Labute approximate surface area is 97.9 Å². The molecule has 2 heterocycles. The van der Waals surface area contributed by atoms with Gasteiger partial charge in [0.15, 0.2) is 0 Å². The van der Waals surface area contributed by atoms with E-state index in [1.54, 1.807) is 36.5 Å². The fraction of sp³-hybridized carbons (Fsp3) is 0. The molecular weight excluding hydrogens is 218 g/mol. The third-order valence-corrected chi connectivity index (χ3v) is 2.07. The summed E-state index contributed by atoms with van der Waals surface area (Å²) < 4.78 is 0. The van der Waals surface area contributed by atoms with Crippen molar-refractivity contribution < 1.29 is 4.79 Å². The van der Waals surface area contributed by atoms with Crippen molar-refractivity contribution in [1.82, 2.24) is 9.97 Å². The summed E-state index contributed by atoms with van der Waals surface area (Å²) in [6, 6.07) is 8.51. The number of aromatic nitrogens is 2. The molecule has 86 valence electrons. The summed E-state index contributed by atoms with van der Waals surface area (Å²) in [5, 5.41) is 2.63. The lowest BCUT2D eigenvalue weighted by molar-refractivity contribution is 0.102. The minimum absolute atomic E-state index is 0.301. The van der Waals surface area contributed by atoms with Gasteiger partial charge in [0.1, 0.15) is 11.5 Å². The molecule has 0 aliphatic rings. The average molecular weight is 229 g/mol. The maximum atomic E-state index is 11.7. The number of hydrazine groups is 1. The van der Waals surface area contributed by atoms with Gasteiger partial charge >= 0.3 is 0 Å². The number of hydrogen-bond acceptors (Lipinski definition) is 5. The number of hydrogen-bond donors (Lipinski definition) is 3. The number of rotatable bonds is 3. The minimum atomic E-state index is -0.313. The van der Waals surface area contributed by atoms with E-state index in [4.69, 9.17) is 5.84 Å². The van der Waals surface area contributed by atoms with Gasteiger partial charge in [-0.1, -0.05) is 6.07 Å². The maximum Gasteiger partial charge on any atom is 0.275 e. The van der Waals surface area contributed by atoms with Crippen LogP contribution in [0.1, 0.15) is 10.5 Å². The fourth-order valence-electron chi connectivity index (χ4n) is 1.23. The largest absolute Gasteiger partial charge is 0.323 e. The van der Waals surface area contributed by atoms with Crippen LogP contribution in [0.2, 0.25) is 0 Å². The smallest absolute Gasteiger partial charge is 0.275 e. The van der Waals surface area contributed by atoms with Crippen LogP contribution in [-0.4, -0.2) is 15.9 Å². The van der Waals surface area contributed by atoms with Crippen LogP contribution >= 0.6 is 0 Å². The highest BCUT2D eigenvalue weighted by molar-refractivity contribution is 6.02. The SMILES string of the molecule is NNc1ccc(C(=O)Nc2ccccn2)nc1. The third kappa shape index (κ3) is 2.76. The lowest BCUT2D eigenvalue weighted by atomic mass is 10.3. The highest BCUT2D eigenvalue weighted by atomic mass is 16.1. The van der Waals surface area contributed by atoms with Crippen LogP contribution in [0.5, 0.6) is 0 Å². The maximum absolute atomic E-state index is 11.7. The van der Waals surface area contributed by atoms with Gasteiger partial charge in [-0.2, -0.15) is 0 Å². The molecule has 4 N–H and O–H groups in total. The Balaban J connectivity index is 2.09. The Morgan fingerprint density at radius 3 is 2.65 bits per heavy atom. The summed E-state index contributed by atoms with van der Waals surface area (Å²) in [7, 11) is 0. The number of anilines is 2. The zero-order chi connectivity index (χ0) is 12.1. The molecule has 0 radical (unpaired) electrons. The summed E-state index contributed by atoms with van der Waals surface area (Å²) in [6.07, 6.45) is 3.08. The summed E-state index contributed by atoms with van der Waals surface area (Å²) >= 11 is 0. The van der Waals surface area contributed by atoms with Crippen molar-refractivity contribution in [2.75, 3.05) is 10.7 Å². The van der Waals surface area contributed by atoms with Gasteiger partial charge in [0.2, 0.25) is 0 Å². The highest BCUT2D eigenvalue weighted by Gasteiger charge is 2.07. The molecule has 0 fully saturated rings. The van der Waals surface area contributed by atoms with E-state index in [0.717, 1.165) is 0 Å². The van der Waals surface area contributed by atoms with Crippen LogP contribution < -0.4 is 16.6 Å². The van der Waals surface area contributed by atoms with Crippen LogP contribution in [0, 0.1) is 0 Å². The second-order valence-corrected chi connectivity index (χ2v) is 3.25. The Bertz CT molecular complexity index is 497. The summed E-state index contributed by atoms with van der Waals surface area (Å²) in [5.41, 5.74) is 3.38. The van der Waals surface area contributed by atoms with Crippen molar-refractivity contribution >= 4 is 17.4 Å². The first-order chi connectivity index (χ1) is 8.29. The predicted octanol–water partition coefficient (Wildman–Crippen LogP) is 1.01. The Kier molecular flexibility index (Phi) is 3.27. The summed E-state index contributed by atoms with van der Waals surface area (Å²) in [6.45, 7) is 0. The van der Waals surface area contributed by atoms with E-state index in [2.05, 4.69) is 20.7 Å². The second-order valence-electron chi connectivity index (χ2n) is 3.25. The second kappa shape index (κ2) is 5.04. The van der Waals surface area contributed by atoms with Gasteiger partial charge in [0.25, 0.3) is 5.91 Å². The van der Waals surface area contributed by atoms with E-state index < -0.39 is 0 Å². The Morgan fingerprint density at radius 1 is 1.18 bits per heavy atom. The molecule has 0 saturated heterocycles. The molecule has 0 saturated carbocycles. The quantitative estimate of drug-likeness (QED) is 0.539. The first-order valence-corrected chi connectivity index (χ1v) is 4.94. The Morgan fingerprint density at radius 2 is 2.06 bits per heavy atom. The molecule has 6 heteroatoms. The average Bonchev–Trinajstić information content (AvgIpc) is 2.40. The molecule has 1 amide bonds. The van der Waals surface area contributed by atoms with Crippen molar-refractivity contribution in [2.24, 2.45) is 5.84 Å². The van der Waals surface area contributed by atoms with Gasteiger partial charge in [-0.05, 0) is 24.3 Å². The van der Waals surface area contributed by atoms with Crippen LogP contribution in [0.3, 0.4) is 0 Å². The molecule has 2 rings (SSSR count). The van der Waals surface area contributed by atoms with Gasteiger partial charge < -0.3 is 10.7 Å². The Hall–Kier alpha value is -2.47. The highest BCUT2D eigenvalue weighted by Crippen LogP contribution is 2.07. The van der Waals surface area contributed by atoms with Crippen LogP contribution in [0.25, 0.3) is 0 Å². The number of nitrogens with two attached hydrogens (primary N) is 1. The van der Waals surface area contributed by atoms with Crippen molar-refractivity contribution in [3.63, 3.8) is 0 Å². The molecule has 2 aromatic rings. The van der Waals surface area contributed by atoms with Crippen molar-refractivity contribution in [3.05, 3.63) is 48.4 Å². The molecule has 0 aliphatic carbocycles. The molecule has 2 aromatic heterocycles. The monoisotopic (exact) mass is 229 g/mol. The van der Waals surface area contributed by atoms with Gasteiger partial charge in [-0.3, -0.25) is 10.6 Å². The van der Waals surface area contributed by atoms with Crippen molar-refractivity contribution in [1.29, 1.82) is 0 Å². The van der Waals surface area contributed by atoms with E-state index >= 15 is 0 Å². The lowest BCUT2D eigenvalue weighted by Gasteiger charge is -2.04. The van der Waals surface area contributed by atoms with Crippen LogP contribution in [0.4, 0.5) is 11.5 Å². The lowest BCUT2D eigenvalue weighted by Crippen LogP contribution is -2.15. The number of nitrogens with one attached hydrogen (secondary N) is 2. The number of carbonyl (C=O) groups is 1. The topological polar surface area (TPSA) is 92.9 Å². The molecule has 0 spiro atoms. The number of nitrogen functional groups attached to an aromatic ring is 1. The zero-order valence-electron chi connectivity index (χ0n) is 8.92. The first-order valence-electron chi connectivity index (χ1n) is 4.94. The zero-order valence-corrected chi connectivity index (χ0v) is 8.92. The van der Waals surface area contributed by atoms with E-state index in [1.807, 2.05) is 0 Å². The molecule has 17 heavy (non-hydrogen) atoms. The van der Waals surface area contributed by atoms with Crippen LogP contribution in [-0.2, 0) is 0 Å². The van der Waals surface area contributed by atoms with Gasteiger partial charge in [0, 0.05) is 6.20 Å². The normalized spacial score (nSPS) is 9.71. The molecule has 0 bridgehead atoms. The summed E-state index contributed by atoms with van der Waals surface area (Å²) in [5.74, 6) is 5.37. The van der Waals surface area contributed by atoms with E-state index in [1.165, 1.54) is 6.20 Å². The van der Waals surface area contributed by atoms with Crippen molar-refractivity contribution in [3.8, 4) is 0 Å². The molecular formula is C11H11N5O. The van der Waals surface area contributed by atoms with E-state index in [9.17, 15) is 4.79 Å². The molecule has 6 nitrogen and oxygen atoms in total. The van der Waals surface area contributed by atoms with E-state index in [-0.39, 0.29) is 5.91 Å². The number of nitrogens with zero attached hydrogens (tertiary/aromatic N) is 2.